The number of para-hydroxylation sites is 1. The molecule has 25 heavy (non-hydrogen) atoms. The van der Waals surface area contributed by atoms with Crippen molar-refractivity contribution < 1.29 is 14.7 Å². The van der Waals surface area contributed by atoms with Crippen molar-refractivity contribution in [2.24, 2.45) is 0 Å². The number of amides is 1. The van der Waals surface area contributed by atoms with Crippen LogP contribution in [0, 0.1) is 0 Å². The first-order chi connectivity index (χ1) is 12.1. The highest BCUT2D eigenvalue weighted by Gasteiger charge is 2.23. The number of nitrogens with zero attached hydrogens (tertiary/aromatic N) is 1. The summed E-state index contributed by atoms with van der Waals surface area (Å²) in [5.41, 5.74) is 1.72. The maximum Gasteiger partial charge on any atom is 0.326 e. The van der Waals surface area contributed by atoms with Crippen LogP contribution in [0.2, 0.25) is 0 Å². The molecule has 0 unspecified atom stereocenters. The number of nitrogens with one attached hydrogen (secondary N) is 1. The third-order valence-corrected chi connectivity index (χ3v) is 4.64. The van der Waals surface area contributed by atoms with Crippen LogP contribution in [0.25, 0.3) is 10.9 Å². The third-order valence-electron chi connectivity index (χ3n) is 3.86. The molecule has 5 nitrogen and oxygen atoms in total. The zero-order valence-corrected chi connectivity index (χ0v) is 14.7. The maximum absolute atomic E-state index is 12.6. The summed E-state index contributed by atoms with van der Waals surface area (Å²) in [5, 5.41) is 12.9. The Bertz CT molecular complexity index is 937. The molecule has 0 spiro atoms. The van der Waals surface area contributed by atoms with Crippen molar-refractivity contribution >= 4 is 38.7 Å². The molecule has 0 saturated carbocycles. The van der Waals surface area contributed by atoms with Crippen molar-refractivity contribution in [2.75, 3.05) is 0 Å². The first kappa shape index (κ1) is 17.1. The highest BCUT2D eigenvalue weighted by Crippen LogP contribution is 2.19. The molecule has 0 bridgehead atoms. The Morgan fingerprint density at radius 3 is 2.60 bits per heavy atom. The quantitative estimate of drug-likeness (QED) is 0.689. The molecule has 2 aromatic carbocycles. The molecule has 1 atom stereocenters. The van der Waals surface area contributed by atoms with E-state index in [2.05, 4.69) is 26.2 Å². The summed E-state index contributed by atoms with van der Waals surface area (Å²) < 4.78 is 0.808. The van der Waals surface area contributed by atoms with Gasteiger partial charge in [0.25, 0.3) is 5.91 Å². The van der Waals surface area contributed by atoms with Crippen molar-refractivity contribution in [1.29, 1.82) is 0 Å². The summed E-state index contributed by atoms with van der Waals surface area (Å²) in [5.74, 6) is -1.54. The number of fused-ring (bicyclic) bond motifs is 1. The largest absolute Gasteiger partial charge is 0.480 e. The standard InChI is InChI=1S/C19H15BrN2O3/c20-15-9-2-1-5-13(15)11-16(19(24)25)22-18(23)14-8-3-6-12-7-4-10-21-17(12)14/h1-10,16H,11H2,(H,22,23)(H,24,25)/t16-/m1/s1. The molecule has 2 N–H and O–H groups in total. The number of carboxylic acids is 1. The van der Waals surface area contributed by atoms with Crippen LogP contribution >= 0.6 is 15.9 Å². The first-order valence-electron chi connectivity index (χ1n) is 7.67. The van der Waals surface area contributed by atoms with E-state index in [1.165, 1.54) is 0 Å². The second-order valence-electron chi connectivity index (χ2n) is 5.54. The van der Waals surface area contributed by atoms with Crippen LogP contribution < -0.4 is 5.32 Å². The summed E-state index contributed by atoms with van der Waals surface area (Å²) in [6.07, 6.45) is 1.79. The number of hydrogen-bond donors (Lipinski definition) is 2. The maximum atomic E-state index is 12.6. The van der Waals surface area contributed by atoms with Gasteiger partial charge in [0.05, 0.1) is 11.1 Å². The first-order valence-corrected chi connectivity index (χ1v) is 8.46. The van der Waals surface area contributed by atoms with Gasteiger partial charge < -0.3 is 10.4 Å². The Morgan fingerprint density at radius 2 is 1.84 bits per heavy atom. The summed E-state index contributed by atoms with van der Waals surface area (Å²) >= 11 is 3.40. The van der Waals surface area contributed by atoms with Crippen molar-refractivity contribution in [3.05, 3.63) is 76.4 Å². The van der Waals surface area contributed by atoms with Crippen molar-refractivity contribution in [3.63, 3.8) is 0 Å². The second-order valence-corrected chi connectivity index (χ2v) is 6.39. The number of aromatic nitrogens is 1. The van der Waals surface area contributed by atoms with Crippen molar-refractivity contribution in [2.45, 2.75) is 12.5 Å². The van der Waals surface area contributed by atoms with E-state index in [9.17, 15) is 14.7 Å². The van der Waals surface area contributed by atoms with E-state index in [4.69, 9.17) is 0 Å². The van der Waals surface area contributed by atoms with Gasteiger partial charge in [-0.15, -0.1) is 0 Å². The van der Waals surface area contributed by atoms with Gasteiger partial charge in [-0.05, 0) is 23.8 Å². The molecule has 1 heterocycles. The van der Waals surface area contributed by atoms with Gasteiger partial charge in [-0.2, -0.15) is 0 Å². The molecule has 0 fully saturated rings. The predicted octanol–water partition coefficient (Wildman–Crippen LogP) is 3.42. The molecule has 0 radical (unpaired) electrons. The second kappa shape index (κ2) is 7.44. The molecule has 6 heteroatoms. The number of halogens is 1. The van der Waals surface area contributed by atoms with Gasteiger partial charge in [0.2, 0.25) is 0 Å². The minimum Gasteiger partial charge on any atom is -0.480 e. The topological polar surface area (TPSA) is 79.3 Å². The van der Waals surface area contributed by atoms with E-state index < -0.39 is 17.9 Å². The number of aliphatic carboxylic acids is 1. The number of carbonyl (C=O) groups excluding carboxylic acids is 1. The summed E-state index contributed by atoms with van der Waals surface area (Å²) in [4.78, 5) is 28.5. The van der Waals surface area contributed by atoms with Crippen LogP contribution in [-0.4, -0.2) is 28.0 Å². The molecule has 126 valence electrons. The van der Waals surface area contributed by atoms with Gasteiger partial charge in [-0.3, -0.25) is 9.78 Å². The normalized spacial score (nSPS) is 11.9. The minimum atomic E-state index is -1.09. The highest BCUT2D eigenvalue weighted by atomic mass is 79.9. The average Bonchev–Trinajstić information content (AvgIpc) is 2.62. The Hall–Kier alpha value is -2.73. The van der Waals surface area contributed by atoms with Crippen LogP contribution in [-0.2, 0) is 11.2 Å². The van der Waals surface area contributed by atoms with Gasteiger partial charge in [0.15, 0.2) is 0 Å². The zero-order chi connectivity index (χ0) is 17.8. The lowest BCUT2D eigenvalue weighted by molar-refractivity contribution is -0.139. The Labute approximate surface area is 152 Å². The van der Waals surface area contributed by atoms with Crippen molar-refractivity contribution in [3.8, 4) is 0 Å². The molecule has 3 aromatic rings. The smallest absolute Gasteiger partial charge is 0.326 e. The van der Waals surface area contributed by atoms with E-state index in [1.807, 2.05) is 36.4 Å². The summed E-state index contributed by atoms with van der Waals surface area (Å²) in [6.45, 7) is 0. The fourth-order valence-corrected chi connectivity index (χ4v) is 3.05. The highest BCUT2D eigenvalue weighted by molar-refractivity contribution is 9.10. The lowest BCUT2D eigenvalue weighted by Gasteiger charge is -2.16. The minimum absolute atomic E-state index is 0.181. The molecule has 1 aromatic heterocycles. The zero-order valence-electron chi connectivity index (χ0n) is 13.1. The molecular formula is C19H15BrN2O3. The Kier molecular flexibility index (Phi) is 5.09. The van der Waals surface area contributed by atoms with E-state index in [-0.39, 0.29) is 6.42 Å². The molecule has 0 aliphatic rings. The third kappa shape index (κ3) is 3.85. The molecule has 0 aliphatic carbocycles. The van der Waals surface area contributed by atoms with Crippen LogP contribution in [0.3, 0.4) is 0 Å². The SMILES string of the molecule is O=C(N[C@H](Cc1ccccc1Br)C(=O)O)c1cccc2cccnc12. The van der Waals surface area contributed by atoms with E-state index in [0.29, 0.717) is 11.1 Å². The van der Waals surface area contributed by atoms with Gasteiger partial charge in [-0.1, -0.05) is 52.3 Å². The summed E-state index contributed by atoms with van der Waals surface area (Å²) in [7, 11) is 0. The molecular weight excluding hydrogens is 384 g/mol. The number of hydrogen-bond acceptors (Lipinski definition) is 3. The monoisotopic (exact) mass is 398 g/mol. The van der Waals surface area contributed by atoms with Crippen LogP contribution in [0.5, 0.6) is 0 Å². The van der Waals surface area contributed by atoms with Gasteiger partial charge in [0.1, 0.15) is 6.04 Å². The van der Waals surface area contributed by atoms with Gasteiger partial charge in [0, 0.05) is 22.5 Å². The average molecular weight is 399 g/mol. The van der Waals surface area contributed by atoms with Crippen LogP contribution in [0.15, 0.2) is 65.3 Å². The molecule has 0 saturated heterocycles. The predicted molar refractivity (Wildman–Crippen MR) is 98.5 cm³/mol. The molecule has 1 amide bonds. The van der Waals surface area contributed by atoms with E-state index >= 15 is 0 Å². The molecule has 0 aliphatic heterocycles. The number of carbonyl (C=O) groups is 2. The molecule has 3 rings (SSSR count). The fourth-order valence-electron chi connectivity index (χ4n) is 2.61. The lowest BCUT2D eigenvalue weighted by atomic mass is 10.0. The number of rotatable bonds is 5. The number of benzene rings is 2. The fraction of sp³-hybridized carbons (Fsp3) is 0.105. The van der Waals surface area contributed by atoms with Crippen molar-refractivity contribution in [1.82, 2.24) is 10.3 Å². The lowest BCUT2D eigenvalue weighted by Crippen LogP contribution is -2.42. The van der Waals surface area contributed by atoms with Crippen LogP contribution in [0.1, 0.15) is 15.9 Å². The van der Waals surface area contributed by atoms with Crippen LogP contribution in [0.4, 0.5) is 0 Å². The van der Waals surface area contributed by atoms with E-state index in [0.717, 1.165) is 15.4 Å². The number of pyridine rings is 1. The van der Waals surface area contributed by atoms with E-state index in [1.54, 1.807) is 24.4 Å². The van der Waals surface area contributed by atoms with Gasteiger partial charge in [-0.25, -0.2) is 4.79 Å². The summed E-state index contributed by atoms with van der Waals surface area (Å²) in [6, 6.07) is 15.2. The number of carboxylic acid groups (broad SMARTS) is 1. The Balaban J connectivity index is 1.86. The Morgan fingerprint density at radius 1 is 1.08 bits per heavy atom. The van der Waals surface area contributed by atoms with Gasteiger partial charge >= 0.3 is 5.97 Å².